The molecule has 1 amide bonds. The number of piperidine rings is 1. The van der Waals surface area contributed by atoms with Gasteiger partial charge in [0.15, 0.2) is 0 Å². The van der Waals surface area contributed by atoms with Gasteiger partial charge in [-0.1, -0.05) is 43.3 Å². The second kappa shape index (κ2) is 9.53. The van der Waals surface area contributed by atoms with Crippen LogP contribution in [0, 0.1) is 5.92 Å². The van der Waals surface area contributed by atoms with E-state index in [1.807, 2.05) is 0 Å². The molecule has 1 aliphatic heterocycles. The molecule has 166 valence electrons. The summed E-state index contributed by atoms with van der Waals surface area (Å²) in [6, 6.07) is 15.1. The van der Waals surface area contributed by atoms with Gasteiger partial charge in [-0.3, -0.25) is 4.79 Å². The molecule has 1 N–H and O–H groups in total. The van der Waals surface area contributed by atoms with Gasteiger partial charge in [0.05, 0.1) is 16.9 Å². The van der Waals surface area contributed by atoms with Crippen LogP contribution in [0.1, 0.15) is 61.8 Å². The molecule has 1 heterocycles. The second-order valence-electron chi connectivity index (χ2n) is 8.72. The minimum absolute atomic E-state index is 0.0409. The van der Waals surface area contributed by atoms with Crippen molar-refractivity contribution < 1.29 is 13.2 Å². The highest BCUT2D eigenvalue weighted by molar-refractivity contribution is 7.89. The minimum atomic E-state index is -3.57. The molecule has 6 heteroatoms. The van der Waals surface area contributed by atoms with Gasteiger partial charge in [-0.05, 0) is 73.8 Å². The molecule has 0 radical (unpaired) electrons. The molecule has 0 aromatic heterocycles. The number of amides is 1. The molecule has 4 rings (SSSR count). The summed E-state index contributed by atoms with van der Waals surface area (Å²) < 4.78 is 27.4. The van der Waals surface area contributed by atoms with Crippen LogP contribution in [0.3, 0.4) is 0 Å². The van der Waals surface area contributed by atoms with E-state index >= 15 is 0 Å². The van der Waals surface area contributed by atoms with Gasteiger partial charge >= 0.3 is 0 Å². The summed E-state index contributed by atoms with van der Waals surface area (Å²) in [6.45, 7) is 2.78. The third-order valence-electron chi connectivity index (χ3n) is 6.64. The zero-order valence-electron chi connectivity index (χ0n) is 18.2. The van der Waals surface area contributed by atoms with Crippen molar-refractivity contribution >= 4 is 15.9 Å². The Balaban J connectivity index is 1.45. The molecule has 31 heavy (non-hydrogen) atoms. The molecular formula is C25H32N2O3S. The zero-order valence-corrected chi connectivity index (χ0v) is 19.0. The lowest BCUT2D eigenvalue weighted by Crippen LogP contribution is -2.46. The van der Waals surface area contributed by atoms with Crippen LogP contribution in [0.5, 0.6) is 0 Å². The van der Waals surface area contributed by atoms with Crippen LogP contribution in [-0.4, -0.2) is 31.7 Å². The van der Waals surface area contributed by atoms with E-state index in [1.54, 1.807) is 30.3 Å². The van der Waals surface area contributed by atoms with Gasteiger partial charge < -0.3 is 5.32 Å². The summed E-state index contributed by atoms with van der Waals surface area (Å²) in [5.41, 5.74) is 4.00. The number of nitrogens with one attached hydrogen (secondary N) is 1. The van der Waals surface area contributed by atoms with Gasteiger partial charge in [-0.25, -0.2) is 8.42 Å². The maximum atomic E-state index is 13.1. The fraction of sp³-hybridized carbons (Fsp3) is 0.480. The van der Waals surface area contributed by atoms with Crippen molar-refractivity contribution in [3.8, 4) is 0 Å². The minimum Gasteiger partial charge on any atom is -0.349 e. The molecule has 0 bridgehead atoms. The van der Waals surface area contributed by atoms with Crippen molar-refractivity contribution in [2.45, 2.75) is 62.8 Å². The Labute approximate surface area is 185 Å². The standard InChI is InChI=1S/C25H32N2O3S/c1-2-24(21-15-14-19-9-6-7-10-20(19)17-21)26-25(28)22-11-8-16-27(18-22)31(29,30)23-12-4-3-5-13-23/h3-5,12-15,17,22,24H,2,6-11,16,18H2,1H3,(H,26,28)/t22-,24-/m0/s1. The summed E-state index contributed by atoms with van der Waals surface area (Å²) in [5.74, 6) is -0.364. The summed E-state index contributed by atoms with van der Waals surface area (Å²) in [6.07, 6.45) is 6.96. The molecule has 5 nitrogen and oxygen atoms in total. The number of fused-ring (bicyclic) bond motifs is 1. The quantitative estimate of drug-likeness (QED) is 0.731. The van der Waals surface area contributed by atoms with E-state index < -0.39 is 10.0 Å². The lowest BCUT2D eigenvalue weighted by atomic mass is 9.88. The third kappa shape index (κ3) is 4.85. The SMILES string of the molecule is CC[C@H](NC(=O)[C@H]1CCCN(S(=O)(=O)c2ccccc2)C1)c1ccc2c(c1)CCCC2. The largest absolute Gasteiger partial charge is 0.349 e. The van der Waals surface area contributed by atoms with E-state index in [0.717, 1.165) is 24.8 Å². The molecule has 0 saturated carbocycles. The van der Waals surface area contributed by atoms with E-state index in [-0.39, 0.29) is 29.3 Å². The number of benzene rings is 2. The first kappa shape index (κ1) is 22.0. The Bertz CT molecular complexity index is 1020. The molecule has 1 aliphatic carbocycles. The van der Waals surface area contributed by atoms with Crippen LogP contribution < -0.4 is 5.32 Å². The van der Waals surface area contributed by atoms with Gasteiger partial charge in [0.1, 0.15) is 0 Å². The third-order valence-corrected chi connectivity index (χ3v) is 8.51. The number of carbonyl (C=O) groups excluding carboxylic acids is 1. The highest BCUT2D eigenvalue weighted by Crippen LogP contribution is 2.28. The van der Waals surface area contributed by atoms with Gasteiger partial charge in [-0.2, -0.15) is 4.31 Å². The second-order valence-corrected chi connectivity index (χ2v) is 10.7. The number of aryl methyl sites for hydroxylation is 2. The summed E-state index contributed by atoms with van der Waals surface area (Å²) in [5, 5.41) is 3.21. The fourth-order valence-corrected chi connectivity index (χ4v) is 6.34. The fourth-order valence-electron chi connectivity index (χ4n) is 4.80. The Morgan fingerprint density at radius 3 is 2.55 bits per heavy atom. The van der Waals surface area contributed by atoms with E-state index in [1.165, 1.54) is 28.3 Å². The number of carbonyl (C=O) groups is 1. The van der Waals surface area contributed by atoms with Crippen LogP contribution in [-0.2, 0) is 27.7 Å². The van der Waals surface area contributed by atoms with E-state index in [9.17, 15) is 13.2 Å². The molecule has 2 atom stereocenters. The number of hydrogen-bond acceptors (Lipinski definition) is 3. The van der Waals surface area contributed by atoms with Gasteiger partial charge in [0.2, 0.25) is 15.9 Å². The van der Waals surface area contributed by atoms with Crippen molar-refractivity contribution in [2.24, 2.45) is 5.92 Å². The van der Waals surface area contributed by atoms with Crippen LogP contribution in [0.25, 0.3) is 0 Å². The average Bonchev–Trinajstić information content (AvgIpc) is 2.82. The molecule has 2 aromatic carbocycles. The number of sulfonamides is 1. The first-order valence-corrected chi connectivity index (χ1v) is 12.9. The number of rotatable bonds is 6. The topological polar surface area (TPSA) is 66.5 Å². The molecular weight excluding hydrogens is 408 g/mol. The van der Waals surface area contributed by atoms with Gasteiger partial charge in [-0.15, -0.1) is 0 Å². The maximum absolute atomic E-state index is 13.1. The molecule has 2 aliphatic rings. The van der Waals surface area contributed by atoms with Crippen LogP contribution in [0.4, 0.5) is 0 Å². The molecule has 0 unspecified atom stereocenters. The number of hydrogen-bond donors (Lipinski definition) is 1. The van der Waals surface area contributed by atoms with Crippen LogP contribution >= 0.6 is 0 Å². The Hall–Kier alpha value is -2.18. The average molecular weight is 441 g/mol. The summed E-state index contributed by atoms with van der Waals surface area (Å²) in [4.78, 5) is 13.4. The predicted octanol–water partition coefficient (Wildman–Crippen LogP) is 4.23. The molecule has 0 spiro atoms. The Kier molecular flexibility index (Phi) is 6.77. The van der Waals surface area contributed by atoms with Crippen molar-refractivity contribution in [1.82, 2.24) is 9.62 Å². The van der Waals surface area contributed by atoms with Crippen molar-refractivity contribution in [3.63, 3.8) is 0 Å². The first-order valence-electron chi connectivity index (χ1n) is 11.5. The lowest BCUT2D eigenvalue weighted by molar-refractivity contribution is -0.126. The van der Waals surface area contributed by atoms with Crippen LogP contribution in [0.15, 0.2) is 53.4 Å². The highest BCUT2D eigenvalue weighted by Gasteiger charge is 2.34. The number of nitrogens with zero attached hydrogens (tertiary/aromatic N) is 1. The maximum Gasteiger partial charge on any atom is 0.243 e. The predicted molar refractivity (Wildman–Crippen MR) is 122 cm³/mol. The highest BCUT2D eigenvalue weighted by atomic mass is 32.2. The van der Waals surface area contributed by atoms with E-state index in [2.05, 4.69) is 30.4 Å². The lowest BCUT2D eigenvalue weighted by Gasteiger charge is -2.32. The Morgan fingerprint density at radius 2 is 1.81 bits per heavy atom. The molecule has 1 fully saturated rings. The van der Waals surface area contributed by atoms with E-state index in [4.69, 9.17) is 0 Å². The Morgan fingerprint density at radius 1 is 1.06 bits per heavy atom. The van der Waals surface area contributed by atoms with Gasteiger partial charge in [0.25, 0.3) is 0 Å². The smallest absolute Gasteiger partial charge is 0.243 e. The van der Waals surface area contributed by atoms with E-state index in [0.29, 0.717) is 19.4 Å². The first-order chi connectivity index (χ1) is 15.0. The molecule has 1 saturated heterocycles. The summed E-state index contributed by atoms with van der Waals surface area (Å²) >= 11 is 0. The normalized spacial score (nSPS) is 20.6. The monoisotopic (exact) mass is 440 g/mol. The van der Waals surface area contributed by atoms with Gasteiger partial charge in [0, 0.05) is 13.1 Å². The van der Waals surface area contributed by atoms with Crippen LogP contribution in [0.2, 0.25) is 0 Å². The zero-order chi connectivity index (χ0) is 21.8. The van der Waals surface area contributed by atoms with Crippen molar-refractivity contribution in [1.29, 1.82) is 0 Å². The van der Waals surface area contributed by atoms with Crippen molar-refractivity contribution in [3.05, 3.63) is 65.2 Å². The van der Waals surface area contributed by atoms with Crippen molar-refractivity contribution in [2.75, 3.05) is 13.1 Å². The summed E-state index contributed by atoms with van der Waals surface area (Å²) in [7, 11) is -3.57. The molecule has 2 aromatic rings.